The van der Waals surface area contributed by atoms with Gasteiger partial charge in [0.05, 0.1) is 30.3 Å². The predicted molar refractivity (Wildman–Crippen MR) is 113 cm³/mol. The van der Waals surface area contributed by atoms with Crippen molar-refractivity contribution >= 4 is 40.9 Å². The number of nitrogens with one attached hydrogen (secondary N) is 2. The second-order valence-corrected chi connectivity index (χ2v) is 9.29. The molecule has 0 saturated heterocycles. The molecule has 2 heterocycles. The van der Waals surface area contributed by atoms with Crippen molar-refractivity contribution < 1.29 is 28.6 Å². The number of esters is 2. The van der Waals surface area contributed by atoms with Crippen LogP contribution in [-0.2, 0) is 23.8 Å². The van der Waals surface area contributed by atoms with Gasteiger partial charge in [-0.2, -0.15) is 0 Å². The molecule has 0 saturated carbocycles. The van der Waals surface area contributed by atoms with E-state index in [1.807, 2.05) is 0 Å². The molecule has 0 unspecified atom stereocenters. The lowest BCUT2D eigenvalue weighted by Crippen LogP contribution is -2.35. The normalized spacial score (nSPS) is 14.4. The quantitative estimate of drug-likeness (QED) is 0.548. The summed E-state index contributed by atoms with van der Waals surface area (Å²) in [5, 5.41) is 9.18. The summed E-state index contributed by atoms with van der Waals surface area (Å²) in [4.78, 5) is 40.9. The van der Waals surface area contributed by atoms with Crippen molar-refractivity contribution in [2.24, 2.45) is 10.4 Å². The molecular weight excluding hydrogens is 410 g/mol. The van der Waals surface area contributed by atoms with Crippen molar-refractivity contribution in [1.29, 1.82) is 0 Å². The topological polar surface area (TPSA) is 115 Å². The second kappa shape index (κ2) is 8.86. The van der Waals surface area contributed by atoms with Gasteiger partial charge in [0.25, 0.3) is 0 Å². The molecule has 2 N–H and O–H groups in total. The van der Waals surface area contributed by atoms with Crippen LogP contribution in [0.4, 0.5) is 10.5 Å². The van der Waals surface area contributed by atoms with Crippen LogP contribution in [0.2, 0.25) is 0 Å². The van der Waals surface area contributed by atoms with E-state index < -0.39 is 29.0 Å². The predicted octanol–water partition coefficient (Wildman–Crippen LogP) is 3.42. The molecule has 164 valence electrons. The SMILES string of the molecule is COC(=O)C1=C(OC(=O)C(C)(C)C)CNC(c2cscc2NC(=O)OC(C)(C)C)=N1. The standard InChI is InChI=1S/C20H27N3O6S/c1-19(2,3)17(25)28-13-8-21-15(23-14(13)16(24)27-7)11-9-30-10-12(11)22-18(26)29-20(4,5)6/h9-10H,8H2,1-7H3,(H,21,23)(H,22,26). The number of thiophene rings is 1. The summed E-state index contributed by atoms with van der Waals surface area (Å²) in [6.07, 6.45) is -0.609. The zero-order valence-corrected chi connectivity index (χ0v) is 19.0. The molecule has 10 heteroatoms. The number of hydrogen-bond donors (Lipinski definition) is 2. The van der Waals surface area contributed by atoms with Gasteiger partial charge in [-0.25, -0.2) is 14.6 Å². The van der Waals surface area contributed by atoms with Crippen LogP contribution in [0.3, 0.4) is 0 Å². The Bertz CT molecular complexity index is 902. The third-order valence-corrected chi connectivity index (χ3v) is 4.41. The van der Waals surface area contributed by atoms with Crippen molar-refractivity contribution in [1.82, 2.24) is 5.32 Å². The first-order chi connectivity index (χ1) is 13.8. The molecular formula is C20H27N3O6S. The third-order valence-electron chi connectivity index (χ3n) is 3.66. The van der Waals surface area contributed by atoms with Crippen LogP contribution in [0, 0.1) is 5.41 Å². The van der Waals surface area contributed by atoms with Crippen molar-refractivity contribution in [3.8, 4) is 0 Å². The summed E-state index contributed by atoms with van der Waals surface area (Å²) in [6, 6.07) is 0. The summed E-state index contributed by atoms with van der Waals surface area (Å²) in [7, 11) is 1.22. The minimum Gasteiger partial charge on any atom is -0.464 e. The zero-order chi connectivity index (χ0) is 22.7. The Morgan fingerprint density at radius 1 is 1.13 bits per heavy atom. The maximum absolute atomic E-state index is 12.2. The van der Waals surface area contributed by atoms with Crippen molar-refractivity contribution in [2.45, 2.75) is 47.1 Å². The summed E-state index contributed by atoms with van der Waals surface area (Å²) in [6.45, 7) is 10.5. The zero-order valence-electron chi connectivity index (χ0n) is 18.2. The van der Waals surface area contributed by atoms with Gasteiger partial charge in [-0.3, -0.25) is 10.1 Å². The van der Waals surface area contributed by atoms with Crippen LogP contribution in [0.25, 0.3) is 0 Å². The lowest BCUT2D eigenvalue weighted by molar-refractivity contribution is -0.148. The largest absolute Gasteiger partial charge is 0.464 e. The molecule has 9 nitrogen and oxygen atoms in total. The van der Waals surface area contributed by atoms with Crippen LogP contribution >= 0.6 is 11.3 Å². The highest BCUT2D eigenvalue weighted by Crippen LogP contribution is 2.26. The van der Waals surface area contributed by atoms with Gasteiger partial charge >= 0.3 is 18.0 Å². The molecule has 1 aromatic heterocycles. The van der Waals surface area contributed by atoms with Crippen LogP contribution < -0.4 is 10.6 Å². The molecule has 0 fully saturated rings. The molecule has 1 aliphatic heterocycles. The Morgan fingerprint density at radius 3 is 2.37 bits per heavy atom. The number of methoxy groups -OCH3 is 1. The van der Waals surface area contributed by atoms with E-state index in [0.717, 1.165) is 0 Å². The molecule has 2 rings (SSSR count). The van der Waals surface area contributed by atoms with Gasteiger partial charge in [-0.05, 0) is 41.5 Å². The summed E-state index contributed by atoms with van der Waals surface area (Å²) in [5.74, 6) is -0.828. The highest BCUT2D eigenvalue weighted by atomic mass is 32.1. The van der Waals surface area contributed by atoms with Gasteiger partial charge < -0.3 is 19.5 Å². The van der Waals surface area contributed by atoms with Crippen LogP contribution in [-0.4, -0.2) is 43.1 Å². The van der Waals surface area contributed by atoms with E-state index in [1.54, 1.807) is 52.3 Å². The van der Waals surface area contributed by atoms with Gasteiger partial charge in [-0.15, -0.1) is 11.3 Å². The van der Waals surface area contributed by atoms with Gasteiger partial charge in [0, 0.05) is 10.8 Å². The minimum atomic E-state index is -0.754. The fourth-order valence-electron chi connectivity index (χ4n) is 2.21. The first kappa shape index (κ1) is 23.4. The molecule has 0 bridgehead atoms. The number of rotatable bonds is 4. The van der Waals surface area contributed by atoms with Crippen LogP contribution in [0.15, 0.2) is 27.2 Å². The number of hydrogen-bond acceptors (Lipinski definition) is 9. The highest BCUT2D eigenvalue weighted by Gasteiger charge is 2.30. The van der Waals surface area contributed by atoms with E-state index in [2.05, 4.69) is 15.6 Å². The molecule has 0 aliphatic carbocycles. The van der Waals surface area contributed by atoms with Gasteiger partial charge in [0.1, 0.15) is 11.4 Å². The first-order valence-corrected chi connectivity index (χ1v) is 10.2. The van der Waals surface area contributed by atoms with E-state index in [-0.39, 0.29) is 18.0 Å². The van der Waals surface area contributed by atoms with Crippen molar-refractivity contribution in [3.63, 3.8) is 0 Å². The molecule has 0 aromatic carbocycles. The van der Waals surface area contributed by atoms with Crippen LogP contribution in [0.5, 0.6) is 0 Å². The van der Waals surface area contributed by atoms with Crippen molar-refractivity contribution in [3.05, 3.63) is 27.8 Å². The summed E-state index contributed by atoms with van der Waals surface area (Å²) < 4.78 is 15.5. The average Bonchev–Trinajstić information content (AvgIpc) is 3.06. The van der Waals surface area contributed by atoms with E-state index in [0.29, 0.717) is 17.1 Å². The number of amidine groups is 1. The Morgan fingerprint density at radius 2 is 1.80 bits per heavy atom. The monoisotopic (exact) mass is 437 g/mol. The van der Waals surface area contributed by atoms with Gasteiger partial charge in [0.15, 0.2) is 11.5 Å². The Kier molecular flexibility index (Phi) is 6.91. The molecule has 0 spiro atoms. The lowest BCUT2D eigenvalue weighted by atomic mass is 9.97. The third kappa shape index (κ3) is 6.06. The molecule has 0 atom stereocenters. The van der Waals surface area contributed by atoms with Gasteiger partial charge in [0.2, 0.25) is 0 Å². The number of ether oxygens (including phenoxy) is 3. The first-order valence-electron chi connectivity index (χ1n) is 9.24. The number of carbonyl (C=O) groups is 3. The van der Waals surface area contributed by atoms with Crippen LogP contribution in [0.1, 0.15) is 47.1 Å². The highest BCUT2D eigenvalue weighted by molar-refractivity contribution is 7.08. The van der Waals surface area contributed by atoms with E-state index in [1.165, 1.54) is 18.4 Å². The molecule has 1 aliphatic rings. The number of carbonyl (C=O) groups excluding carboxylic acids is 3. The second-order valence-electron chi connectivity index (χ2n) is 8.54. The maximum Gasteiger partial charge on any atom is 0.412 e. The molecule has 1 aromatic rings. The Hall–Kier alpha value is -2.88. The Balaban J connectivity index is 2.34. The smallest absolute Gasteiger partial charge is 0.412 e. The van der Waals surface area contributed by atoms with E-state index in [9.17, 15) is 14.4 Å². The molecule has 30 heavy (non-hydrogen) atoms. The molecule has 0 radical (unpaired) electrons. The number of amides is 1. The molecule has 1 amide bonds. The number of aliphatic imine (C=N–C) groups is 1. The van der Waals surface area contributed by atoms with Gasteiger partial charge in [-0.1, -0.05) is 0 Å². The number of nitrogens with zero attached hydrogens (tertiary/aromatic N) is 1. The fraction of sp³-hybridized carbons (Fsp3) is 0.500. The van der Waals surface area contributed by atoms with Crippen molar-refractivity contribution in [2.75, 3.05) is 19.0 Å². The average molecular weight is 438 g/mol. The fourth-order valence-corrected chi connectivity index (χ4v) is 2.98. The number of anilines is 1. The van der Waals surface area contributed by atoms with E-state index >= 15 is 0 Å². The summed E-state index contributed by atoms with van der Waals surface area (Å²) >= 11 is 1.34. The lowest BCUT2D eigenvalue weighted by Gasteiger charge is -2.23. The maximum atomic E-state index is 12.2. The Labute approximate surface area is 179 Å². The van der Waals surface area contributed by atoms with E-state index in [4.69, 9.17) is 14.2 Å². The minimum absolute atomic E-state index is 0.0484. The summed E-state index contributed by atoms with van der Waals surface area (Å²) in [5.41, 5.74) is -0.476.